The van der Waals surface area contributed by atoms with Crippen LogP contribution in [-0.2, 0) is 62.3 Å². The summed E-state index contributed by atoms with van der Waals surface area (Å²) in [5, 5.41) is 76.0. The van der Waals surface area contributed by atoms with Crippen LogP contribution in [-0.4, -0.2) is 207 Å². The topological polar surface area (TPSA) is 514 Å². The number of allylic oxidation sites excluding steroid dienone is 1. The maximum absolute atomic E-state index is 14.3. The number of carbonyl (C=O) groups is 12. The minimum Gasteiger partial charge on any atom is -0.479 e. The average Bonchev–Trinajstić information content (AvgIpc) is 4.29. The summed E-state index contributed by atoms with van der Waals surface area (Å²) >= 11 is 5.93. The number of unbranched alkanes of at least 4 members (excludes halogenated alkanes) is 9. The molecule has 1 saturated carbocycles. The maximum atomic E-state index is 14.3. The summed E-state index contributed by atoms with van der Waals surface area (Å²) in [5.74, 6) is -16.2. The number of rotatable bonds is 29. The zero-order valence-electron chi connectivity index (χ0n) is 49.2. The van der Waals surface area contributed by atoms with Crippen molar-refractivity contribution in [2.24, 2.45) is 17.2 Å². The van der Waals surface area contributed by atoms with Gasteiger partial charge in [0, 0.05) is 6.04 Å². The van der Waals surface area contributed by atoms with Crippen molar-refractivity contribution in [1.29, 1.82) is 0 Å². The summed E-state index contributed by atoms with van der Waals surface area (Å²) in [6.07, 6.45) is 1.55. The molecule has 10 amide bonds. The van der Waals surface area contributed by atoms with Crippen molar-refractivity contribution in [3.8, 4) is 0 Å². The van der Waals surface area contributed by atoms with E-state index in [1.165, 1.54) is 6.92 Å². The molecule has 0 aromatic carbocycles. The first-order valence-corrected chi connectivity index (χ1v) is 29.9. The number of carbonyl (C=O) groups excluding carboxylic acids is 11. The molecule has 21 N–H and O–H groups in total. The highest BCUT2D eigenvalue weighted by molar-refractivity contribution is 6.18. The second-order valence-electron chi connectivity index (χ2n) is 21.3. The third-order valence-electron chi connectivity index (χ3n) is 13.9. The monoisotopic (exact) mass is 1250 g/mol. The van der Waals surface area contributed by atoms with Crippen molar-refractivity contribution in [3.63, 3.8) is 0 Å². The minimum atomic E-state index is -2.74. The summed E-state index contributed by atoms with van der Waals surface area (Å²) in [6, 6.07) is -15.8. The van der Waals surface area contributed by atoms with Gasteiger partial charge < -0.3 is 101 Å². The van der Waals surface area contributed by atoms with Crippen molar-refractivity contribution < 1.29 is 87.8 Å². The van der Waals surface area contributed by atoms with Crippen LogP contribution in [0, 0.1) is 0 Å². The molecule has 1 saturated heterocycles. The van der Waals surface area contributed by atoms with Gasteiger partial charge in [-0.3, -0.25) is 47.9 Å². The lowest BCUT2D eigenvalue weighted by Gasteiger charge is -2.29. The molecule has 2 aliphatic rings. The fourth-order valence-electron chi connectivity index (χ4n) is 8.75. The summed E-state index contributed by atoms with van der Waals surface area (Å²) in [7, 11) is 0. The number of nitrogens with one attached hydrogen (secondary N) is 10. The van der Waals surface area contributed by atoms with E-state index in [0.29, 0.717) is 19.3 Å². The molecule has 12 atom stereocenters. The number of aliphatic hydroxyl groups is 4. The summed E-state index contributed by atoms with van der Waals surface area (Å²) < 4.78 is 5.39. The number of cyclic esters (lactones) is 1. The van der Waals surface area contributed by atoms with E-state index in [9.17, 15) is 83.1 Å². The summed E-state index contributed by atoms with van der Waals surface area (Å²) in [6.45, 7) is 2.74. The highest BCUT2D eigenvalue weighted by Gasteiger charge is 2.41. The Kier molecular flexibility index (Phi) is 35.7. The van der Waals surface area contributed by atoms with Gasteiger partial charge in [-0.15, -0.1) is 11.6 Å². The quantitative estimate of drug-likeness (QED) is 0.0144. The molecule has 1 heterocycles. The molecule has 86 heavy (non-hydrogen) atoms. The molecule has 6 unspecified atom stereocenters. The smallest absolute Gasteiger partial charge is 0.335 e. The van der Waals surface area contributed by atoms with Crippen LogP contribution >= 0.6 is 11.6 Å². The van der Waals surface area contributed by atoms with E-state index < -0.39 is 181 Å². The third kappa shape index (κ3) is 27.8. The van der Waals surface area contributed by atoms with Crippen LogP contribution in [0.3, 0.4) is 0 Å². The van der Waals surface area contributed by atoms with E-state index in [4.69, 9.17) is 33.5 Å². The van der Waals surface area contributed by atoms with E-state index in [1.807, 2.05) is 0 Å². The van der Waals surface area contributed by atoms with Crippen LogP contribution in [0.25, 0.3) is 0 Å². The lowest BCUT2D eigenvalue weighted by Crippen LogP contribution is -2.63. The minimum absolute atomic E-state index is 0.0826. The highest BCUT2D eigenvalue weighted by atomic mass is 35.5. The molecule has 2 fully saturated rings. The molecular formula is C54H92ClN13O18. The van der Waals surface area contributed by atoms with E-state index >= 15 is 0 Å². The average molecular weight is 1250 g/mol. The van der Waals surface area contributed by atoms with Crippen LogP contribution in [0.15, 0.2) is 11.8 Å². The Morgan fingerprint density at radius 3 is 1.67 bits per heavy atom. The SMILES string of the molecule is C/C=C1/NC(=O)C([C@H](C)O)NC(=O)[C@H](CCN)NC(=O)C([C@H](O)C(=O)O)NC(=O)C(CCCCN)NC(=O)[C@H](CC(=O)NC2CC2)NC(=O)C(CCN)NC(=O)C(NC(=O)C[C@H](O)CCCCCCCCCCC)COC(=O)C([C@H](O)CCl)NC1=O. The van der Waals surface area contributed by atoms with Gasteiger partial charge in [0.2, 0.25) is 53.2 Å². The zero-order chi connectivity index (χ0) is 64.5. The number of hydrogen-bond acceptors (Lipinski definition) is 20. The number of halogens is 1. The molecule has 0 spiro atoms. The van der Waals surface area contributed by atoms with E-state index in [0.717, 1.165) is 64.4 Å². The number of aliphatic hydroxyl groups excluding tert-OH is 4. The molecule has 488 valence electrons. The third-order valence-corrected chi connectivity index (χ3v) is 14.2. The molecule has 0 radical (unpaired) electrons. The van der Waals surface area contributed by atoms with Gasteiger partial charge in [-0.1, -0.05) is 70.8 Å². The van der Waals surface area contributed by atoms with Crippen molar-refractivity contribution >= 4 is 82.6 Å². The Morgan fingerprint density at radius 2 is 1.14 bits per heavy atom. The molecule has 0 aromatic rings. The van der Waals surface area contributed by atoms with Crippen LogP contribution in [0.5, 0.6) is 0 Å². The Labute approximate surface area is 504 Å². The number of aliphatic carboxylic acids is 1. The number of carboxylic acids is 1. The number of esters is 1. The van der Waals surface area contributed by atoms with Gasteiger partial charge in [0.1, 0.15) is 54.6 Å². The second kappa shape index (κ2) is 40.7. The number of carboxylic acid groups (broad SMARTS) is 1. The first kappa shape index (κ1) is 75.5. The molecule has 31 nitrogen and oxygen atoms in total. The normalized spacial score (nSPS) is 24.9. The van der Waals surface area contributed by atoms with Gasteiger partial charge in [0.25, 0.3) is 5.91 Å². The summed E-state index contributed by atoms with van der Waals surface area (Å²) in [4.78, 5) is 165. The first-order valence-electron chi connectivity index (χ1n) is 29.3. The van der Waals surface area contributed by atoms with Crippen LogP contribution in [0.2, 0.25) is 0 Å². The Bertz CT molecular complexity index is 2300. The fourth-order valence-corrected chi connectivity index (χ4v) is 8.93. The lowest BCUT2D eigenvalue weighted by atomic mass is 10.0. The molecule has 2 rings (SSSR count). The van der Waals surface area contributed by atoms with Crippen molar-refractivity contribution in [1.82, 2.24) is 53.2 Å². The Hall–Kier alpha value is -6.61. The highest BCUT2D eigenvalue weighted by Crippen LogP contribution is 2.19. The van der Waals surface area contributed by atoms with Gasteiger partial charge >= 0.3 is 11.9 Å². The molecule has 0 bridgehead atoms. The lowest BCUT2D eigenvalue weighted by molar-refractivity contribution is -0.153. The molecule has 32 heteroatoms. The largest absolute Gasteiger partial charge is 0.479 e. The first-order chi connectivity index (χ1) is 40.8. The maximum Gasteiger partial charge on any atom is 0.335 e. The van der Waals surface area contributed by atoms with Crippen LogP contribution < -0.4 is 70.4 Å². The van der Waals surface area contributed by atoms with Crippen LogP contribution in [0.4, 0.5) is 0 Å². The standard InChI is InChI=1S/C54H92ClN13O18/c1-4-6-7-8-9-10-11-12-13-16-31(70)25-39(72)60-37-28-86-54(85)42(38(71)27-55)67-45(75)32(5-2)61-51(81)41(29(3)69)66-48(78)35(21-24-58)64-52(82)43(44(74)53(83)84)68-47(77)33(17-14-15-22-56)62-49(79)36(26-40(73)59-30-18-19-30)65-46(76)34(20-23-57)63-50(37)80/h5,29-31,33-38,41-44,69-71,74H,4,6-28,56-58H2,1-3H3,(H,59,73)(H,60,72)(H,61,81)(H,62,79)(H,63,80)(H,64,82)(H,65,76)(H,66,78)(H,67,75)(H,68,77)(H,83,84)/b32-5+/t29-,31+,33?,34?,35-,36-,37?,38+,41?,42?,43?,44-/m0/s1. The number of hydrogen-bond donors (Lipinski definition) is 18. The van der Waals surface area contributed by atoms with Gasteiger partial charge in [0.05, 0.1) is 37.0 Å². The van der Waals surface area contributed by atoms with Crippen molar-refractivity contribution in [2.45, 2.75) is 222 Å². The molecular weight excluding hydrogens is 1150 g/mol. The zero-order valence-corrected chi connectivity index (χ0v) is 50.0. The van der Waals surface area contributed by atoms with Crippen LogP contribution in [0.1, 0.15) is 143 Å². The van der Waals surface area contributed by atoms with E-state index in [2.05, 4.69) is 60.1 Å². The molecule has 0 aromatic heterocycles. The number of amides is 10. The Morgan fingerprint density at radius 1 is 0.616 bits per heavy atom. The predicted octanol–water partition coefficient (Wildman–Crippen LogP) is -4.97. The summed E-state index contributed by atoms with van der Waals surface area (Å²) in [5.41, 5.74) is 16.6. The van der Waals surface area contributed by atoms with E-state index in [-0.39, 0.29) is 57.8 Å². The van der Waals surface area contributed by atoms with Crippen molar-refractivity contribution in [2.75, 3.05) is 32.1 Å². The predicted molar refractivity (Wildman–Crippen MR) is 309 cm³/mol. The van der Waals surface area contributed by atoms with Gasteiger partial charge in [-0.05, 0) is 84.8 Å². The van der Waals surface area contributed by atoms with Gasteiger partial charge in [-0.2, -0.15) is 0 Å². The fraction of sp³-hybridized carbons (Fsp3) is 0.741. The number of ether oxygens (including phenoxy) is 1. The second-order valence-corrected chi connectivity index (χ2v) is 21.6. The van der Waals surface area contributed by atoms with E-state index in [1.54, 1.807) is 0 Å². The van der Waals surface area contributed by atoms with Gasteiger partial charge in [0.15, 0.2) is 12.1 Å². The van der Waals surface area contributed by atoms with Gasteiger partial charge in [-0.25, -0.2) is 9.59 Å². The Balaban J connectivity index is 2.78. The van der Waals surface area contributed by atoms with Crippen molar-refractivity contribution in [3.05, 3.63) is 11.8 Å². The molecule has 1 aliphatic carbocycles. The number of alkyl halides is 1. The molecule has 1 aliphatic heterocycles. The number of nitrogens with two attached hydrogens (primary N) is 3.